The molecule has 0 saturated heterocycles. The van der Waals surface area contributed by atoms with Crippen LogP contribution in [0.5, 0.6) is 0 Å². The number of aromatic carboxylic acids is 1. The number of nitrogens with one attached hydrogen (secondary N) is 1. The van der Waals surface area contributed by atoms with Crippen molar-refractivity contribution in [1.82, 2.24) is 25.3 Å². The van der Waals surface area contributed by atoms with E-state index in [1.165, 1.54) is 0 Å². The number of amides is 1. The minimum absolute atomic E-state index is 0.0763. The normalized spacial score (nSPS) is 10.8. The number of oxazole rings is 1. The van der Waals surface area contributed by atoms with Crippen LogP contribution in [-0.4, -0.2) is 37.0 Å². The summed E-state index contributed by atoms with van der Waals surface area (Å²) in [7, 11) is 0. The minimum atomic E-state index is -1.21. The molecule has 0 bridgehead atoms. The molecule has 0 aliphatic rings. The third-order valence-corrected chi connectivity index (χ3v) is 4.84. The van der Waals surface area contributed by atoms with E-state index in [1.54, 1.807) is 22.9 Å². The Balaban J connectivity index is 1.44. The van der Waals surface area contributed by atoms with Crippen LogP contribution >= 0.6 is 0 Å². The largest absolute Gasteiger partial charge is 0.476 e. The number of hydrogen-bond acceptors (Lipinski definition) is 6. The van der Waals surface area contributed by atoms with Crippen LogP contribution in [0.15, 0.2) is 59.5 Å². The SMILES string of the molecule is Cc1cc(C)cc(-c2cn(Cc3cccc(C(=O)NCc4ocnc4C(=O)O)c3)nn2)c1. The zero-order valence-electron chi connectivity index (χ0n) is 17.6. The summed E-state index contributed by atoms with van der Waals surface area (Å²) in [5, 5.41) is 20.2. The summed E-state index contributed by atoms with van der Waals surface area (Å²) in [4.78, 5) is 27.2. The Bertz CT molecular complexity index is 1270. The van der Waals surface area contributed by atoms with Crippen molar-refractivity contribution in [3.05, 3.63) is 88.8 Å². The lowest BCUT2D eigenvalue weighted by molar-refractivity contribution is 0.0687. The summed E-state index contributed by atoms with van der Waals surface area (Å²) in [6.07, 6.45) is 2.91. The average Bonchev–Trinajstić information content (AvgIpc) is 3.41. The molecule has 2 aromatic carbocycles. The number of carboxylic acid groups (broad SMARTS) is 1. The summed E-state index contributed by atoms with van der Waals surface area (Å²) >= 11 is 0. The van der Waals surface area contributed by atoms with E-state index in [0.29, 0.717) is 12.1 Å². The molecule has 0 unspecified atom stereocenters. The van der Waals surface area contributed by atoms with E-state index in [0.717, 1.165) is 34.3 Å². The Morgan fingerprint density at radius 3 is 2.66 bits per heavy atom. The molecule has 0 aliphatic carbocycles. The third kappa shape index (κ3) is 4.72. The lowest BCUT2D eigenvalue weighted by Gasteiger charge is -2.06. The van der Waals surface area contributed by atoms with Gasteiger partial charge in [-0.2, -0.15) is 0 Å². The van der Waals surface area contributed by atoms with Crippen LogP contribution in [0.4, 0.5) is 0 Å². The highest BCUT2D eigenvalue weighted by Gasteiger charge is 2.16. The van der Waals surface area contributed by atoms with Gasteiger partial charge in [-0.15, -0.1) is 5.10 Å². The molecule has 0 spiro atoms. The maximum atomic E-state index is 12.5. The molecular weight excluding hydrogens is 410 g/mol. The second-order valence-electron chi connectivity index (χ2n) is 7.49. The van der Waals surface area contributed by atoms with Gasteiger partial charge in [-0.3, -0.25) is 4.79 Å². The number of carbonyl (C=O) groups is 2. The van der Waals surface area contributed by atoms with E-state index in [4.69, 9.17) is 9.52 Å². The lowest BCUT2D eigenvalue weighted by Crippen LogP contribution is -2.23. The molecule has 0 fully saturated rings. The van der Waals surface area contributed by atoms with Crippen LogP contribution in [0, 0.1) is 13.8 Å². The molecule has 0 aliphatic heterocycles. The van der Waals surface area contributed by atoms with Crippen molar-refractivity contribution >= 4 is 11.9 Å². The number of aromatic nitrogens is 4. The average molecular weight is 431 g/mol. The van der Waals surface area contributed by atoms with E-state index in [9.17, 15) is 9.59 Å². The number of rotatable bonds is 7. The second kappa shape index (κ2) is 8.84. The van der Waals surface area contributed by atoms with Crippen molar-refractivity contribution in [2.24, 2.45) is 0 Å². The van der Waals surface area contributed by atoms with Gasteiger partial charge in [-0.05, 0) is 43.7 Å². The Morgan fingerprint density at radius 1 is 1.12 bits per heavy atom. The monoisotopic (exact) mass is 431 g/mol. The molecule has 0 atom stereocenters. The van der Waals surface area contributed by atoms with Crippen LogP contribution < -0.4 is 5.32 Å². The highest BCUT2D eigenvalue weighted by atomic mass is 16.4. The fourth-order valence-electron chi connectivity index (χ4n) is 3.46. The van der Waals surface area contributed by atoms with Crippen LogP contribution in [0.25, 0.3) is 11.3 Å². The van der Waals surface area contributed by atoms with Gasteiger partial charge in [-0.25, -0.2) is 14.5 Å². The Morgan fingerprint density at radius 2 is 1.91 bits per heavy atom. The van der Waals surface area contributed by atoms with Crippen molar-refractivity contribution in [2.45, 2.75) is 26.9 Å². The molecule has 9 nitrogen and oxygen atoms in total. The first kappa shape index (κ1) is 21.0. The quantitative estimate of drug-likeness (QED) is 0.460. The predicted molar refractivity (Wildman–Crippen MR) is 115 cm³/mol. The smallest absolute Gasteiger partial charge is 0.358 e. The number of carboxylic acids is 1. The van der Waals surface area contributed by atoms with Gasteiger partial charge in [0, 0.05) is 11.1 Å². The van der Waals surface area contributed by atoms with E-state index >= 15 is 0 Å². The van der Waals surface area contributed by atoms with E-state index in [-0.39, 0.29) is 23.9 Å². The van der Waals surface area contributed by atoms with E-state index < -0.39 is 5.97 Å². The topological polar surface area (TPSA) is 123 Å². The highest BCUT2D eigenvalue weighted by Crippen LogP contribution is 2.20. The zero-order valence-corrected chi connectivity index (χ0v) is 17.6. The Kier molecular flexibility index (Phi) is 5.80. The molecule has 2 heterocycles. The van der Waals surface area contributed by atoms with Crippen molar-refractivity contribution in [3.8, 4) is 11.3 Å². The van der Waals surface area contributed by atoms with E-state index in [1.807, 2.05) is 26.1 Å². The summed E-state index contributed by atoms with van der Waals surface area (Å²) < 4.78 is 6.76. The molecule has 32 heavy (non-hydrogen) atoms. The molecule has 2 aromatic heterocycles. The zero-order chi connectivity index (χ0) is 22.7. The Labute approximate surface area is 183 Å². The fraction of sp³-hybridized carbons (Fsp3) is 0.174. The summed E-state index contributed by atoms with van der Waals surface area (Å²) in [5.41, 5.74) is 5.21. The van der Waals surface area contributed by atoms with Gasteiger partial charge in [0.05, 0.1) is 19.3 Å². The van der Waals surface area contributed by atoms with Gasteiger partial charge in [0.15, 0.2) is 17.8 Å². The highest BCUT2D eigenvalue weighted by molar-refractivity contribution is 5.94. The lowest BCUT2D eigenvalue weighted by atomic mass is 10.1. The third-order valence-electron chi connectivity index (χ3n) is 4.84. The minimum Gasteiger partial charge on any atom is -0.476 e. The summed E-state index contributed by atoms with van der Waals surface area (Å²) in [5.74, 6) is -1.48. The molecular formula is C23H21N5O4. The number of benzene rings is 2. The molecule has 2 N–H and O–H groups in total. The van der Waals surface area contributed by atoms with Crippen molar-refractivity contribution in [1.29, 1.82) is 0 Å². The van der Waals surface area contributed by atoms with Gasteiger partial charge in [0.25, 0.3) is 5.91 Å². The van der Waals surface area contributed by atoms with Crippen LogP contribution in [0.3, 0.4) is 0 Å². The maximum Gasteiger partial charge on any atom is 0.358 e. The number of nitrogens with zero attached hydrogens (tertiary/aromatic N) is 4. The summed E-state index contributed by atoms with van der Waals surface area (Å²) in [6.45, 7) is 4.46. The van der Waals surface area contributed by atoms with Gasteiger partial charge >= 0.3 is 5.97 Å². The van der Waals surface area contributed by atoms with Crippen molar-refractivity contribution in [2.75, 3.05) is 0 Å². The van der Waals surface area contributed by atoms with Gasteiger partial charge in [0.2, 0.25) is 0 Å². The molecule has 4 aromatic rings. The molecule has 9 heteroatoms. The first-order valence-corrected chi connectivity index (χ1v) is 9.90. The maximum absolute atomic E-state index is 12.5. The first-order chi connectivity index (χ1) is 15.4. The molecule has 4 rings (SSSR count). The first-order valence-electron chi connectivity index (χ1n) is 9.90. The number of hydrogen-bond donors (Lipinski definition) is 2. The standard InChI is InChI=1S/C23H21N5O4/c1-14-6-15(2)8-18(7-14)19-12-28(27-26-19)11-16-4-3-5-17(9-16)22(29)24-10-20-21(23(30)31)25-13-32-20/h3-9,12-13H,10-11H2,1-2H3,(H,24,29)(H,30,31). The summed E-state index contributed by atoms with van der Waals surface area (Å²) in [6, 6.07) is 13.4. The predicted octanol–water partition coefficient (Wildman–Crippen LogP) is 3.23. The molecule has 1 amide bonds. The number of carbonyl (C=O) groups excluding carboxylic acids is 1. The van der Waals surface area contributed by atoms with Gasteiger partial charge in [-0.1, -0.05) is 34.5 Å². The van der Waals surface area contributed by atoms with E-state index in [2.05, 4.69) is 38.8 Å². The molecule has 0 radical (unpaired) electrons. The van der Waals surface area contributed by atoms with Crippen LogP contribution in [-0.2, 0) is 13.1 Å². The second-order valence-corrected chi connectivity index (χ2v) is 7.49. The Hall–Kier alpha value is -4.27. The van der Waals surface area contributed by atoms with Gasteiger partial charge in [0.1, 0.15) is 5.69 Å². The fourth-order valence-corrected chi connectivity index (χ4v) is 3.46. The van der Waals surface area contributed by atoms with Gasteiger partial charge < -0.3 is 14.8 Å². The molecule has 162 valence electrons. The van der Waals surface area contributed by atoms with Crippen LogP contribution in [0.2, 0.25) is 0 Å². The van der Waals surface area contributed by atoms with Crippen molar-refractivity contribution in [3.63, 3.8) is 0 Å². The van der Waals surface area contributed by atoms with Crippen molar-refractivity contribution < 1.29 is 19.1 Å². The number of aryl methyl sites for hydroxylation is 2. The van der Waals surface area contributed by atoms with Crippen LogP contribution in [0.1, 0.15) is 43.3 Å². The molecule has 0 saturated carbocycles.